The summed E-state index contributed by atoms with van der Waals surface area (Å²) in [4.78, 5) is 13.0. The molecule has 1 saturated heterocycles. The number of aliphatic hydroxyl groups is 5. The third-order valence-electron chi connectivity index (χ3n) is 13.9. The first-order valence-electron chi connectivity index (χ1n) is 29.2. The third-order valence-corrected chi connectivity index (χ3v) is 13.9. The number of hydrogen-bond acceptors (Lipinski definition) is 8. The lowest BCUT2D eigenvalue weighted by atomic mass is 9.99. The number of rotatable bonds is 50. The van der Waals surface area contributed by atoms with Crippen LogP contribution < -0.4 is 5.32 Å². The summed E-state index contributed by atoms with van der Waals surface area (Å²) < 4.78 is 11.3. The van der Waals surface area contributed by atoms with E-state index >= 15 is 0 Å². The molecule has 0 bridgehead atoms. The Morgan fingerprint density at radius 3 is 1.24 bits per heavy atom. The monoisotopic (exact) mass is 962 g/mol. The lowest BCUT2D eigenvalue weighted by molar-refractivity contribution is -0.302. The molecule has 1 aliphatic rings. The van der Waals surface area contributed by atoms with Gasteiger partial charge in [-0.3, -0.25) is 4.79 Å². The Balaban J connectivity index is 2.20. The zero-order valence-electron chi connectivity index (χ0n) is 44.4. The van der Waals surface area contributed by atoms with Gasteiger partial charge in [-0.1, -0.05) is 249 Å². The predicted molar refractivity (Wildman–Crippen MR) is 286 cm³/mol. The molecule has 6 N–H and O–H groups in total. The van der Waals surface area contributed by atoms with Crippen LogP contribution in [0.1, 0.15) is 277 Å². The molecular formula is C59H111NO8. The maximum absolute atomic E-state index is 13.0. The van der Waals surface area contributed by atoms with E-state index in [1.807, 2.05) is 6.08 Å². The number of nitrogens with one attached hydrogen (secondary N) is 1. The van der Waals surface area contributed by atoms with Gasteiger partial charge in [0.15, 0.2) is 6.29 Å². The minimum atomic E-state index is -1.57. The SMILES string of the molecule is CCCCCCCCCCCCC/C=C/CC/C=C/C(O)C(COC1OC(CO)C(O)C(O)C1O)NC(=O)CCCCCCCCCCCCCC/C=C\CCCCCCCCCCCCCC. The Morgan fingerprint density at radius 2 is 0.838 bits per heavy atom. The molecule has 1 heterocycles. The summed E-state index contributed by atoms with van der Waals surface area (Å²) in [7, 11) is 0. The highest BCUT2D eigenvalue weighted by Crippen LogP contribution is 2.23. The molecule has 9 heteroatoms. The molecule has 1 rings (SSSR count). The number of allylic oxidation sites excluding steroid dienone is 5. The van der Waals surface area contributed by atoms with Crippen LogP contribution in [-0.4, -0.2) is 87.5 Å². The average molecular weight is 963 g/mol. The number of carbonyl (C=O) groups excluding carboxylic acids is 1. The largest absolute Gasteiger partial charge is 0.394 e. The van der Waals surface area contributed by atoms with Gasteiger partial charge in [0.05, 0.1) is 25.4 Å². The first kappa shape index (κ1) is 64.4. The minimum absolute atomic E-state index is 0.184. The quantitative estimate of drug-likeness (QED) is 0.0261. The second-order valence-corrected chi connectivity index (χ2v) is 20.4. The Bertz CT molecular complexity index is 1160. The number of aliphatic hydroxyl groups excluding tert-OH is 5. The van der Waals surface area contributed by atoms with E-state index in [0.29, 0.717) is 6.42 Å². The van der Waals surface area contributed by atoms with Crippen LogP contribution in [0.4, 0.5) is 0 Å². The number of unbranched alkanes of at least 4 members (excludes halogenated alkanes) is 36. The van der Waals surface area contributed by atoms with E-state index in [4.69, 9.17) is 9.47 Å². The summed E-state index contributed by atoms with van der Waals surface area (Å²) in [5, 5.41) is 54.4. The maximum atomic E-state index is 13.0. The van der Waals surface area contributed by atoms with Crippen LogP contribution in [0.25, 0.3) is 0 Å². The summed E-state index contributed by atoms with van der Waals surface area (Å²) in [5.41, 5.74) is 0. The molecule has 1 fully saturated rings. The van der Waals surface area contributed by atoms with Gasteiger partial charge in [0.25, 0.3) is 0 Å². The van der Waals surface area contributed by atoms with Crippen molar-refractivity contribution in [2.45, 2.75) is 320 Å². The van der Waals surface area contributed by atoms with Crippen molar-refractivity contribution in [3.05, 3.63) is 36.5 Å². The fourth-order valence-electron chi connectivity index (χ4n) is 9.29. The van der Waals surface area contributed by atoms with Gasteiger partial charge in [-0.25, -0.2) is 0 Å². The van der Waals surface area contributed by atoms with Crippen LogP contribution in [0, 0.1) is 0 Å². The normalized spacial score (nSPS) is 19.8. The van der Waals surface area contributed by atoms with Crippen LogP contribution in [-0.2, 0) is 14.3 Å². The van der Waals surface area contributed by atoms with Crippen molar-refractivity contribution in [1.82, 2.24) is 5.32 Å². The van der Waals surface area contributed by atoms with E-state index in [1.165, 1.54) is 218 Å². The van der Waals surface area contributed by atoms with Crippen LogP contribution in [0.3, 0.4) is 0 Å². The highest BCUT2D eigenvalue weighted by molar-refractivity contribution is 5.76. The molecule has 0 aromatic carbocycles. The van der Waals surface area contributed by atoms with Gasteiger partial charge in [0, 0.05) is 6.42 Å². The molecule has 7 atom stereocenters. The summed E-state index contributed by atoms with van der Waals surface area (Å²) in [6.45, 7) is 3.79. The van der Waals surface area contributed by atoms with Crippen molar-refractivity contribution < 1.29 is 39.8 Å². The zero-order chi connectivity index (χ0) is 49.4. The van der Waals surface area contributed by atoms with Crippen molar-refractivity contribution in [2.24, 2.45) is 0 Å². The van der Waals surface area contributed by atoms with E-state index in [1.54, 1.807) is 6.08 Å². The molecule has 9 nitrogen and oxygen atoms in total. The second kappa shape index (κ2) is 49.0. The van der Waals surface area contributed by atoms with Crippen molar-refractivity contribution in [1.29, 1.82) is 0 Å². The van der Waals surface area contributed by atoms with Crippen molar-refractivity contribution >= 4 is 5.91 Å². The third kappa shape index (κ3) is 38.1. The molecule has 0 spiro atoms. The zero-order valence-corrected chi connectivity index (χ0v) is 44.4. The first-order valence-corrected chi connectivity index (χ1v) is 29.2. The highest BCUT2D eigenvalue weighted by atomic mass is 16.7. The van der Waals surface area contributed by atoms with E-state index < -0.39 is 49.5 Å². The Kier molecular flexibility index (Phi) is 46.4. The molecule has 0 radical (unpaired) electrons. The lowest BCUT2D eigenvalue weighted by Gasteiger charge is -2.40. The Morgan fingerprint density at radius 1 is 0.485 bits per heavy atom. The molecule has 1 amide bonds. The number of ether oxygens (including phenoxy) is 2. The number of hydrogen-bond donors (Lipinski definition) is 6. The molecule has 0 aliphatic carbocycles. The average Bonchev–Trinajstić information content (AvgIpc) is 3.34. The second-order valence-electron chi connectivity index (χ2n) is 20.4. The lowest BCUT2D eigenvalue weighted by Crippen LogP contribution is -2.60. The van der Waals surface area contributed by atoms with E-state index in [9.17, 15) is 30.3 Å². The van der Waals surface area contributed by atoms with Gasteiger partial charge in [0.1, 0.15) is 24.4 Å². The predicted octanol–water partition coefficient (Wildman–Crippen LogP) is 14.4. The topological polar surface area (TPSA) is 149 Å². The van der Waals surface area contributed by atoms with Crippen LogP contribution in [0.5, 0.6) is 0 Å². The van der Waals surface area contributed by atoms with Gasteiger partial charge in [0.2, 0.25) is 5.91 Å². The Labute approximate surface area is 419 Å². The molecular weight excluding hydrogens is 851 g/mol. The summed E-state index contributed by atoms with van der Waals surface area (Å²) in [5.74, 6) is -0.184. The highest BCUT2D eigenvalue weighted by Gasteiger charge is 2.44. The van der Waals surface area contributed by atoms with Crippen LogP contribution >= 0.6 is 0 Å². The van der Waals surface area contributed by atoms with Gasteiger partial charge in [-0.15, -0.1) is 0 Å². The number of carbonyl (C=O) groups is 1. The number of amides is 1. The van der Waals surface area contributed by atoms with Gasteiger partial charge >= 0.3 is 0 Å². The first-order chi connectivity index (χ1) is 33.3. The van der Waals surface area contributed by atoms with Crippen molar-refractivity contribution in [2.75, 3.05) is 13.2 Å². The van der Waals surface area contributed by atoms with E-state index in [2.05, 4.69) is 43.5 Å². The van der Waals surface area contributed by atoms with Crippen molar-refractivity contribution in [3.8, 4) is 0 Å². The van der Waals surface area contributed by atoms with Gasteiger partial charge in [-0.2, -0.15) is 0 Å². The molecule has 0 aromatic heterocycles. The molecule has 1 aliphatic heterocycles. The molecule has 0 saturated carbocycles. The maximum Gasteiger partial charge on any atom is 0.220 e. The van der Waals surface area contributed by atoms with Crippen LogP contribution in [0.15, 0.2) is 36.5 Å². The standard InChI is InChI=1S/C59H111NO8/c1-3-5-7-9-11-13-15-17-19-21-22-23-24-25-26-27-28-29-30-31-33-35-37-39-41-43-45-47-49-55(63)60-52(51-67-59-58(66)57(65)56(64)54(50-61)68-59)53(62)48-46-44-42-40-38-36-34-32-20-18-16-14-12-10-8-6-4-2/h25-26,38,40,46,48,52-54,56-59,61-62,64-66H,3-24,27-37,39,41-45,47,49-51H2,1-2H3,(H,60,63)/b26-25-,40-38+,48-46+. The van der Waals surface area contributed by atoms with Gasteiger partial charge in [-0.05, 0) is 57.8 Å². The fraction of sp³-hybridized carbons (Fsp3) is 0.881. The summed E-state index contributed by atoms with van der Waals surface area (Å²) >= 11 is 0. The smallest absolute Gasteiger partial charge is 0.220 e. The fourth-order valence-corrected chi connectivity index (χ4v) is 9.29. The van der Waals surface area contributed by atoms with Gasteiger partial charge < -0.3 is 40.3 Å². The minimum Gasteiger partial charge on any atom is -0.394 e. The Hall–Kier alpha value is -1.59. The van der Waals surface area contributed by atoms with Crippen molar-refractivity contribution in [3.63, 3.8) is 0 Å². The van der Waals surface area contributed by atoms with E-state index in [-0.39, 0.29) is 12.5 Å². The summed E-state index contributed by atoms with van der Waals surface area (Å²) in [6, 6.07) is -0.821. The molecule has 7 unspecified atom stereocenters. The summed E-state index contributed by atoms with van der Waals surface area (Å²) in [6.07, 6.45) is 56.5. The molecule has 400 valence electrons. The van der Waals surface area contributed by atoms with E-state index in [0.717, 1.165) is 38.5 Å². The molecule has 0 aromatic rings. The molecule has 68 heavy (non-hydrogen) atoms. The van der Waals surface area contributed by atoms with Crippen LogP contribution in [0.2, 0.25) is 0 Å².